The molecule has 6 nitrogen and oxygen atoms in total. The summed E-state index contributed by atoms with van der Waals surface area (Å²) >= 11 is 0. The number of hydrogen-bond donors (Lipinski definition) is 3. The number of amides is 1. The number of esters is 1. The Morgan fingerprint density at radius 3 is 1.07 bits per heavy atom. The molecule has 0 spiro atoms. The van der Waals surface area contributed by atoms with E-state index in [1.807, 2.05) is 0 Å². The fraction of sp³-hybridized carbons (Fsp3) is 0.961. The third kappa shape index (κ3) is 44.2. The van der Waals surface area contributed by atoms with Crippen LogP contribution in [0.15, 0.2) is 0 Å². The van der Waals surface area contributed by atoms with Crippen LogP contribution in [-0.4, -0.2) is 47.4 Å². The van der Waals surface area contributed by atoms with E-state index >= 15 is 0 Å². The highest BCUT2D eigenvalue weighted by molar-refractivity contribution is 5.76. The topological polar surface area (TPSA) is 95.9 Å². The summed E-state index contributed by atoms with van der Waals surface area (Å²) in [6.45, 7) is 4.92. The second-order valence-electron chi connectivity index (χ2n) is 17.9. The molecular weight excluding hydrogens is 707 g/mol. The van der Waals surface area contributed by atoms with Gasteiger partial charge in [0.2, 0.25) is 5.91 Å². The first-order chi connectivity index (χ1) is 28.0. The molecule has 2 atom stereocenters. The molecule has 2 unspecified atom stereocenters. The molecule has 0 aliphatic carbocycles. The van der Waals surface area contributed by atoms with Crippen LogP contribution in [0, 0.1) is 0 Å². The summed E-state index contributed by atoms with van der Waals surface area (Å²) in [5.74, 6) is -0.0705. The lowest BCUT2D eigenvalue weighted by atomic mass is 10.0. The van der Waals surface area contributed by atoms with Crippen molar-refractivity contribution in [2.24, 2.45) is 0 Å². The van der Waals surface area contributed by atoms with Crippen molar-refractivity contribution in [3.8, 4) is 0 Å². The number of carbonyl (C=O) groups is 2. The van der Waals surface area contributed by atoms with Crippen molar-refractivity contribution in [3.63, 3.8) is 0 Å². The Morgan fingerprint density at radius 2 is 0.719 bits per heavy atom. The SMILES string of the molecule is CCCCCCCCCCCCCCCCCC(=O)OCCCCCCCCCCCCC(=O)NC(CO)C(O)CCCCCCCCCCCCCCCCC. The molecule has 6 heteroatoms. The first-order valence-corrected chi connectivity index (χ1v) is 25.8. The number of aliphatic hydroxyl groups is 2. The van der Waals surface area contributed by atoms with E-state index in [4.69, 9.17) is 4.74 Å². The molecule has 340 valence electrons. The van der Waals surface area contributed by atoms with Crippen LogP contribution in [0.3, 0.4) is 0 Å². The second kappa shape index (κ2) is 47.5. The van der Waals surface area contributed by atoms with Crippen LogP contribution in [-0.2, 0) is 14.3 Å². The first kappa shape index (κ1) is 55.9. The van der Waals surface area contributed by atoms with Gasteiger partial charge in [-0.05, 0) is 25.7 Å². The van der Waals surface area contributed by atoms with E-state index in [-0.39, 0.29) is 18.5 Å². The van der Waals surface area contributed by atoms with E-state index in [0.717, 1.165) is 57.8 Å². The third-order valence-electron chi connectivity index (χ3n) is 12.2. The molecule has 0 heterocycles. The van der Waals surface area contributed by atoms with E-state index in [9.17, 15) is 19.8 Å². The van der Waals surface area contributed by atoms with E-state index in [1.165, 1.54) is 199 Å². The van der Waals surface area contributed by atoms with E-state index in [1.54, 1.807) is 0 Å². The normalized spacial score (nSPS) is 12.6. The maximum absolute atomic E-state index is 12.4. The zero-order valence-corrected chi connectivity index (χ0v) is 38.6. The van der Waals surface area contributed by atoms with Crippen LogP contribution < -0.4 is 5.32 Å². The summed E-state index contributed by atoms with van der Waals surface area (Å²) in [5, 5.41) is 23.2. The van der Waals surface area contributed by atoms with Crippen LogP contribution in [0.1, 0.15) is 290 Å². The van der Waals surface area contributed by atoms with Gasteiger partial charge in [0.15, 0.2) is 0 Å². The molecule has 0 fully saturated rings. The highest BCUT2D eigenvalue weighted by atomic mass is 16.5. The Balaban J connectivity index is 3.46. The lowest BCUT2D eigenvalue weighted by Crippen LogP contribution is -2.45. The van der Waals surface area contributed by atoms with Crippen molar-refractivity contribution in [2.75, 3.05) is 13.2 Å². The van der Waals surface area contributed by atoms with Crippen molar-refractivity contribution < 1.29 is 24.5 Å². The zero-order valence-electron chi connectivity index (χ0n) is 38.6. The number of rotatable bonds is 48. The number of unbranched alkanes of at least 4 members (excludes halogenated alkanes) is 37. The molecule has 0 saturated carbocycles. The van der Waals surface area contributed by atoms with Crippen LogP contribution in [0.2, 0.25) is 0 Å². The highest BCUT2D eigenvalue weighted by Gasteiger charge is 2.20. The lowest BCUT2D eigenvalue weighted by Gasteiger charge is -2.22. The average molecular weight is 808 g/mol. The van der Waals surface area contributed by atoms with Gasteiger partial charge < -0.3 is 20.3 Å². The van der Waals surface area contributed by atoms with Crippen LogP contribution in [0.25, 0.3) is 0 Å². The predicted molar refractivity (Wildman–Crippen MR) is 246 cm³/mol. The maximum Gasteiger partial charge on any atom is 0.305 e. The molecule has 57 heavy (non-hydrogen) atoms. The molecule has 0 aliphatic heterocycles. The average Bonchev–Trinajstić information content (AvgIpc) is 3.21. The van der Waals surface area contributed by atoms with E-state index in [0.29, 0.717) is 25.9 Å². The summed E-state index contributed by atoms with van der Waals surface area (Å²) < 4.78 is 5.46. The molecule has 0 aromatic heterocycles. The molecular formula is C51H101NO5. The summed E-state index contributed by atoms with van der Waals surface area (Å²) in [7, 11) is 0. The molecule has 0 bridgehead atoms. The molecule has 0 radical (unpaired) electrons. The Bertz CT molecular complexity index is 806. The Morgan fingerprint density at radius 1 is 0.421 bits per heavy atom. The van der Waals surface area contributed by atoms with Gasteiger partial charge in [0.25, 0.3) is 0 Å². The second-order valence-corrected chi connectivity index (χ2v) is 17.9. The van der Waals surface area contributed by atoms with Crippen molar-refractivity contribution >= 4 is 11.9 Å². The van der Waals surface area contributed by atoms with E-state index in [2.05, 4.69) is 19.2 Å². The summed E-state index contributed by atoms with van der Waals surface area (Å²) in [6, 6.07) is -0.556. The van der Waals surface area contributed by atoms with Gasteiger partial charge in [-0.3, -0.25) is 9.59 Å². The van der Waals surface area contributed by atoms with Gasteiger partial charge in [-0.15, -0.1) is 0 Å². The fourth-order valence-corrected chi connectivity index (χ4v) is 8.17. The van der Waals surface area contributed by atoms with Crippen LogP contribution >= 0.6 is 0 Å². The fourth-order valence-electron chi connectivity index (χ4n) is 8.17. The van der Waals surface area contributed by atoms with Gasteiger partial charge in [-0.1, -0.05) is 251 Å². The Labute approximate surface area is 356 Å². The van der Waals surface area contributed by atoms with Gasteiger partial charge >= 0.3 is 5.97 Å². The van der Waals surface area contributed by atoms with E-state index < -0.39 is 12.1 Å². The minimum Gasteiger partial charge on any atom is -0.466 e. The number of ether oxygens (including phenoxy) is 1. The van der Waals surface area contributed by atoms with Crippen LogP contribution in [0.5, 0.6) is 0 Å². The Hall–Kier alpha value is -1.14. The third-order valence-corrected chi connectivity index (χ3v) is 12.2. The minimum atomic E-state index is -0.676. The largest absolute Gasteiger partial charge is 0.466 e. The Kier molecular flexibility index (Phi) is 46.6. The molecule has 0 saturated heterocycles. The minimum absolute atomic E-state index is 0.0152. The standard InChI is InChI=1S/C51H101NO5/c1-3-5-7-9-11-13-15-17-19-21-23-27-31-35-39-43-49(54)48(47-53)52-50(55)44-40-36-32-28-25-26-30-34-38-42-46-57-51(56)45-41-37-33-29-24-22-20-18-16-14-12-10-8-6-4-2/h48-49,53-54H,3-47H2,1-2H3,(H,52,55). The van der Waals surface area contributed by atoms with Gasteiger partial charge in [-0.2, -0.15) is 0 Å². The predicted octanol–water partition coefficient (Wildman–Crippen LogP) is 15.2. The molecule has 0 rings (SSSR count). The maximum atomic E-state index is 12.4. The number of hydrogen-bond acceptors (Lipinski definition) is 5. The summed E-state index contributed by atoms with van der Waals surface area (Å²) in [6.07, 6.45) is 52.1. The van der Waals surface area contributed by atoms with Gasteiger partial charge in [0, 0.05) is 12.8 Å². The number of aliphatic hydroxyl groups excluding tert-OH is 2. The smallest absolute Gasteiger partial charge is 0.305 e. The van der Waals surface area contributed by atoms with Gasteiger partial charge in [0.1, 0.15) is 0 Å². The molecule has 0 aliphatic rings. The number of nitrogens with one attached hydrogen (secondary N) is 1. The molecule has 1 amide bonds. The molecule has 0 aromatic carbocycles. The quantitative estimate of drug-likeness (QED) is 0.0420. The summed E-state index contributed by atoms with van der Waals surface area (Å²) in [5.41, 5.74) is 0. The highest BCUT2D eigenvalue weighted by Crippen LogP contribution is 2.17. The van der Waals surface area contributed by atoms with Crippen molar-refractivity contribution in [1.82, 2.24) is 5.32 Å². The van der Waals surface area contributed by atoms with Crippen molar-refractivity contribution in [3.05, 3.63) is 0 Å². The molecule has 0 aromatic rings. The zero-order chi connectivity index (χ0) is 41.5. The number of carbonyl (C=O) groups excluding carboxylic acids is 2. The first-order valence-electron chi connectivity index (χ1n) is 25.8. The molecule has 3 N–H and O–H groups in total. The van der Waals surface area contributed by atoms with Crippen molar-refractivity contribution in [1.29, 1.82) is 0 Å². The monoisotopic (exact) mass is 808 g/mol. The lowest BCUT2D eigenvalue weighted by molar-refractivity contribution is -0.143. The van der Waals surface area contributed by atoms with Gasteiger partial charge in [0.05, 0.1) is 25.4 Å². The summed E-state index contributed by atoms with van der Waals surface area (Å²) in [4.78, 5) is 24.5. The van der Waals surface area contributed by atoms with Gasteiger partial charge in [-0.25, -0.2) is 0 Å². The van der Waals surface area contributed by atoms with Crippen molar-refractivity contribution in [2.45, 2.75) is 302 Å². The van der Waals surface area contributed by atoms with Crippen LogP contribution in [0.4, 0.5) is 0 Å².